The molecule has 1 aromatic carbocycles. The maximum Gasteiger partial charge on any atom is 0.323 e. The molecule has 2 atom stereocenters. The maximum atomic E-state index is 12.2. The van der Waals surface area contributed by atoms with Gasteiger partial charge >= 0.3 is 6.21 Å². The first-order chi connectivity index (χ1) is 9.81. The van der Waals surface area contributed by atoms with Crippen molar-refractivity contribution >= 4 is 22.0 Å². The van der Waals surface area contributed by atoms with Crippen LogP contribution in [0.5, 0.6) is 0 Å². The molecule has 1 aromatic rings. The average Bonchev–Trinajstić information content (AvgIpc) is 2.39. The van der Waals surface area contributed by atoms with Crippen molar-refractivity contribution in [2.45, 2.75) is 24.8 Å². The first-order valence-corrected chi connectivity index (χ1v) is 7.73. The molecular formula is C14H17N3O3S. The molecule has 0 aliphatic rings. The Labute approximate surface area is 124 Å². The molecule has 0 heterocycles. The summed E-state index contributed by atoms with van der Waals surface area (Å²) in [6.45, 7) is 6.90. The van der Waals surface area contributed by atoms with Gasteiger partial charge in [-0.2, -0.15) is 4.79 Å². The summed E-state index contributed by atoms with van der Waals surface area (Å²) in [6.07, 6.45) is 2.04. The number of benzene rings is 1. The van der Waals surface area contributed by atoms with Crippen molar-refractivity contribution < 1.29 is 18.0 Å². The number of Topliss-reactive ketones (excluding diaryl/α,β-unsaturated/α-hetero) is 1. The second-order valence-electron chi connectivity index (χ2n) is 4.63. The third-order valence-corrected chi connectivity index (χ3v) is 4.55. The van der Waals surface area contributed by atoms with E-state index in [4.69, 9.17) is 5.53 Å². The Morgan fingerprint density at radius 1 is 1.38 bits per heavy atom. The van der Waals surface area contributed by atoms with Gasteiger partial charge < -0.3 is 5.53 Å². The van der Waals surface area contributed by atoms with Gasteiger partial charge in [0.25, 0.3) is 0 Å². The van der Waals surface area contributed by atoms with Crippen LogP contribution in [-0.2, 0) is 14.8 Å². The highest BCUT2D eigenvalue weighted by Gasteiger charge is 2.27. The molecule has 1 rings (SSSR count). The normalized spacial score (nSPS) is 13.8. The Morgan fingerprint density at radius 3 is 2.43 bits per heavy atom. The molecule has 7 heteroatoms. The minimum absolute atomic E-state index is 0.117. The number of nitrogens with one attached hydrogen (secondary N) is 1. The number of ketones is 1. The number of aryl methyl sites for hydroxylation is 1. The zero-order chi connectivity index (χ0) is 16.0. The molecule has 0 aliphatic carbocycles. The quantitative estimate of drug-likeness (QED) is 0.356. The Morgan fingerprint density at radius 2 is 1.95 bits per heavy atom. The number of hydrogen-bond acceptors (Lipinski definition) is 3. The molecule has 0 saturated carbocycles. The summed E-state index contributed by atoms with van der Waals surface area (Å²) in [7, 11) is -3.74. The molecule has 112 valence electrons. The van der Waals surface area contributed by atoms with E-state index >= 15 is 0 Å². The molecule has 0 unspecified atom stereocenters. The van der Waals surface area contributed by atoms with Crippen LogP contribution in [0.25, 0.3) is 5.53 Å². The van der Waals surface area contributed by atoms with E-state index in [1.807, 2.05) is 6.92 Å². The third-order valence-electron chi connectivity index (χ3n) is 2.98. The fourth-order valence-corrected chi connectivity index (χ4v) is 3.08. The maximum absolute atomic E-state index is 12.2. The number of carbonyl (C=O) groups is 1. The topological polar surface area (TPSA) is 99.6 Å². The summed E-state index contributed by atoms with van der Waals surface area (Å²) in [6, 6.07) is 5.63. The summed E-state index contributed by atoms with van der Waals surface area (Å²) in [4.78, 5) is 14.4. The monoisotopic (exact) mass is 307 g/mol. The SMILES string of the molecule is C=C[C@H](C(=O)C=[N+]=[N-])[C@H](C)NS(=O)(=O)c1ccc(C)cc1. The zero-order valence-electron chi connectivity index (χ0n) is 11.9. The number of hydrogen-bond donors (Lipinski definition) is 1. The zero-order valence-corrected chi connectivity index (χ0v) is 12.7. The lowest BCUT2D eigenvalue weighted by Gasteiger charge is -2.18. The van der Waals surface area contributed by atoms with E-state index in [0.717, 1.165) is 11.8 Å². The van der Waals surface area contributed by atoms with Crippen LogP contribution >= 0.6 is 0 Å². The summed E-state index contributed by atoms with van der Waals surface area (Å²) < 4.78 is 26.8. The number of nitrogens with zero attached hydrogens (tertiary/aromatic N) is 2. The Balaban J connectivity index is 2.96. The first kappa shape index (κ1) is 17.0. The number of carbonyl (C=O) groups excluding carboxylic acids is 1. The minimum Gasteiger partial charge on any atom is -0.361 e. The van der Waals surface area contributed by atoms with Crippen molar-refractivity contribution in [2.75, 3.05) is 0 Å². The highest BCUT2D eigenvalue weighted by Crippen LogP contribution is 2.13. The molecule has 0 amide bonds. The molecule has 0 radical (unpaired) electrons. The largest absolute Gasteiger partial charge is 0.361 e. The van der Waals surface area contributed by atoms with E-state index in [1.54, 1.807) is 19.1 Å². The smallest absolute Gasteiger partial charge is 0.323 e. The van der Waals surface area contributed by atoms with Crippen molar-refractivity contribution in [3.8, 4) is 0 Å². The van der Waals surface area contributed by atoms with Gasteiger partial charge in [-0.05, 0) is 26.0 Å². The van der Waals surface area contributed by atoms with Gasteiger partial charge in [-0.3, -0.25) is 4.79 Å². The van der Waals surface area contributed by atoms with Crippen LogP contribution in [0.4, 0.5) is 0 Å². The third kappa shape index (κ3) is 4.46. The van der Waals surface area contributed by atoms with Crippen LogP contribution in [0.2, 0.25) is 0 Å². The van der Waals surface area contributed by atoms with Gasteiger partial charge in [0.1, 0.15) is 0 Å². The molecule has 0 spiro atoms. The first-order valence-electron chi connectivity index (χ1n) is 6.24. The van der Waals surface area contributed by atoms with Crippen LogP contribution in [-0.4, -0.2) is 31.2 Å². The number of rotatable bonds is 7. The predicted octanol–water partition coefficient (Wildman–Crippen LogP) is 1.33. The Bertz CT molecular complexity index is 674. The molecule has 0 saturated heterocycles. The van der Waals surface area contributed by atoms with Crippen molar-refractivity contribution in [1.82, 2.24) is 4.72 Å². The van der Waals surface area contributed by atoms with Gasteiger partial charge in [0.15, 0.2) is 0 Å². The molecule has 1 N–H and O–H groups in total. The van der Waals surface area contributed by atoms with E-state index in [-0.39, 0.29) is 4.90 Å². The van der Waals surface area contributed by atoms with E-state index < -0.39 is 27.8 Å². The highest BCUT2D eigenvalue weighted by molar-refractivity contribution is 7.89. The van der Waals surface area contributed by atoms with Crippen LogP contribution < -0.4 is 4.72 Å². The molecule has 0 aliphatic heterocycles. The van der Waals surface area contributed by atoms with Crippen molar-refractivity contribution in [2.24, 2.45) is 5.92 Å². The van der Waals surface area contributed by atoms with Gasteiger partial charge in [0.05, 0.1) is 10.8 Å². The van der Waals surface area contributed by atoms with Crippen molar-refractivity contribution in [3.05, 3.63) is 48.0 Å². The van der Waals surface area contributed by atoms with E-state index in [2.05, 4.69) is 16.1 Å². The predicted molar refractivity (Wildman–Crippen MR) is 79.3 cm³/mol. The lowest BCUT2D eigenvalue weighted by molar-refractivity contribution is -0.118. The van der Waals surface area contributed by atoms with Gasteiger partial charge in [0, 0.05) is 6.04 Å². The second kappa shape index (κ2) is 7.08. The Kier molecular flexibility index (Phi) is 5.72. The van der Waals surface area contributed by atoms with Crippen LogP contribution in [0.15, 0.2) is 41.8 Å². The number of sulfonamides is 1. The fourth-order valence-electron chi connectivity index (χ4n) is 1.81. The second-order valence-corrected chi connectivity index (χ2v) is 6.35. The standard InChI is InChI=1S/C14H17N3O3S/c1-4-13(14(18)9-16-15)11(3)17-21(19,20)12-7-5-10(2)6-8-12/h4-9,11,13,17H,1H2,2-3H3/t11-,13-/m0/s1. The van der Waals surface area contributed by atoms with E-state index in [0.29, 0.717) is 0 Å². The molecule has 0 fully saturated rings. The van der Waals surface area contributed by atoms with Gasteiger partial charge in [-0.1, -0.05) is 23.8 Å². The lowest BCUT2D eigenvalue weighted by Crippen LogP contribution is -2.40. The van der Waals surface area contributed by atoms with E-state index in [1.165, 1.54) is 18.2 Å². The average molecular weight is 307 g/mol. The lowest BCUT2D eigenvalue weighted by atomic mass is 9.98. The summed E-state index contributed by atoms with van der Waals surface area (Å²) in [5.41, 5.74) is 9.32. The summed E-state index contributed by atoms with van der Waals surface area (Å²) in [5.74, 6) is -1.35. The molecule has 6 nitrogen and oxygen atoms in total. The molecular weight excluding hydrogens is 290 g/mol. The highest BCUT2D eigenvalue weighted by atomic mass is 32.2. The van der Waals surface area contributed by atoms with Gasteiger partial charge in [0.2, 0.25) is 15.8 Å². The minimum atomic E-state index is -3.74. The van der Waals surface area contributed by atoms with Crippen LogP contribution in [0.3, 0.4) is 0 Å². The van der Waals surface area contributed by atoms with Crippen LogP contribution in [0.1, 0.15) is 12.5 Å². The molecule has 21 heavy (non-hydrogen) atoms. The van der Waals surface area contributed by atoms with Crippen molar-refractivity contribution in [3.63, 3.8) is 0 Å². The van der Waals surface area contributed by atoms with Crippen molar-refractivity contribution in [1.29, 1.82) is 0 Å². The Hall–Kier alpha value is -2.08. The van der Waals surface area contributed by atoms with E-state index in [9.17, 15) is 13.2 Å². The molecule has 0 bridgehead atoms. The summed E-state index contributed by atoms with van der Waals surface area (Å²) in [5, 5.41) is 0. The van der Waals surface area contributed by atoms with Gasteiger partial charge in [-0.15, -0.1) is 6.58 Å². The molecule has 0 aromatic heterocycles. The van der Waals surface area contributed by atoms with Gasteiger partial charge in [-0.25, -0.2) is 13.1 Å². The van der Waals surface area contributed by atoms with Crippen LogP contribution in [0, 0.1) is 12.8 Å². The fraction of sp³-hybridized carbons (Fsp3) is 0.286. The summed E-state index contributed by atoms with van der Waals surface area (Å²) >= 11 is 0.